The number of urea groups is 1. The molecule has 0 bridgehead atoms. The maximum Gasteiger partial charge on any atom is 0.490 e. The van der Waals surface area contributed by atoms with Crippen LogP contribution in [-0.2, 0) is 11.3 Å². The first-order valence-electron chi connectivity index (χ1n) is 8.34. The first-order valence-corrected chi connectivity index (χ1v) is 8.71. The standard InChI is InChI=1S/C17H15ClN4O.C2HF3O2/c18-15-3-1-2-12(8-15)9-19-17(23)22-16-6-4-13(5-7-16)14-10-20-21-11-14;3-2(4,5)1(6)7/h1-8,10-11H,9H2,(H,20,21)(H2,19,22,23);(H,6,7). The number of rotatable bonds is 4. The van der Waals surface area contributed by atoms with Crippen molar-refractivity contribution in [2.45, 2.75) is 12.7 Å². The number of carbonyl (C=O) groups is 2. The van der Waals surface area contributed by atoms with Gasteiger partial charge in [-0.3, -0.25) is 5.10 Å². The number of anilines is 1. The van der Waals surface area contributed by atoms with Crippen LogP contribution in [0.5, 0.6) is 0 Å². The van der Waals surface area contributed by atoms with Gasteiger partial charge in [-0.15, -0.1) is 0 Å². The highest BCUT2D eigenvalue weighted by Crippen LogP contribution is 2.20. The van der Waals surface area contributed by atoms with Gasteiger partial charge in [0.1, 0.15) is 0 Å². The molecule has 158 valence electrons. The number of aliphatic carboxylic acids is 1. The smallest absolute Gasteiger partial charge is 0.475 e. The van der Waals surface area contributed by atoms with Crippen LogP contribution in [0.2, 0.25) is 5.02 Å². The van der Waals surface area contributed by atoms with Crippen LogP contribution < -0.4 is 10.6 Å². The number of H-pyrrole nitrogens is 1. The lowest BCUT2D eigenvalue weighted by atomic mass is 10.1. The first-order chi connectivity index (χ1) is 14.1. The summed E-state index contributed by atoms with van der Waals surface area (Å²) in [6.07, 6.45) is -1.51. The number of halogens is 4. The summed E-state index contributed by atoms with van der Waals surface area (Å²) >= 11 is 5.91. The van der Waals surface area contributed by atoms with Gasteiger partial charge in [-0.05, 0) is 35.4 Å². The summed E-state index contributed by atoms with van der Waals surface area (Å²) in [5, 5.41) is 20.0. The predicted molar refractivity (Wildman–Crippen MR) is 105 cm³/mol. The maximum absolute atomic E-state index is 11.9. The molecule has 0 radical (unpaired) electrons. The van der Waals surface area contributed by atoms with E-state index in [1.165, 1.54) is 0 Å². The van der Waals surface area contributed by atoms with Crippen molar-refractivity contribution in [2.24, 2.45) is 0 Å². The quantitative estimate of drug-likeness (QED) is 0.472. The Morgan fingerprint density at radius 2 is 1.77 bits per heavy atom. The summed E-state index contributed by atoms with van der Waals surface area (Å²) in [5.74, 6) is -2.76. The predicted octanol–water partition coefficient (Wildman–Crippen LogP) is 4.69. The Hall–Kier alpha value is -3.53. The zero-order valence-electron chi connectivity index (χ0n) is 15.2. The number of hydrogen-bond donors (Lipinski definition) is 4. The topological polar surface area (TPSA) is 107 Å². The zero-order valence-corrected chi connectivity index (χ0v) is 16.0. The van der Waals surface area contributed by atoms with Crippen LogP contribution in [0.25, 0.3) is 11.1 Å². The Morgan fingerprint density at radius 3 is 2.30 bits per heavy atom. The molecule has 30 heavy (non-hydrogen) atoms. The van der Waals surface area contributed by atoms with E-state index in [4.69, 9.17) is 21.5 Å². The normalized spacial score (nSPS) is 10.5. The van der Waals surface area contributed by atoms with Gasteiger partial charge < -0.3 is 15.7 Å². The summed E-state index contributed by atoms with van der Waals surface area (Å²) < 4.78 is 31.7. The molecule has 7 nitrogen and oxygen atoms in total. The number of aromatic nitrogens is 2. The molecule has 0 aliphatic rings. The van der Waals surface area contributed by atoms with E-state index in [2.05, 4.69) is 20.8 Å². The fourth-order valence-corrected chi connectivity index (χ4v) is 2.37. The largest absolute Gasteiger partial charge is 0.490 e. The second-order valence-electron chi connectivity index (χ2n) is 5.80. The Labute approximate surface area is 173 Å². The van der Waals surface area contributed by atoms with E-state index in [0.717, 1.165) is 22.4 Å². The summed E-state index contributed by atoms with van der Waals surface area (Å²) in [6.45, 7) is 0.416. The minimum atomic E-state index is -5.08. The Bertz CT molecular complexity index is 977. The van der Waals surface area contributed by atoms with E-state index >= 15 is 0 Å². The van der Waals surface area contributed by atoms with E-state index in [1.54, 1.807) is 12.3 Å². The second kappa shape index (κ2) is 10.3. The third-order valence-electron chi connectivity index (χ3n) is 3.56. The van der Waals surface area contributed by atoms with Crippen molar-refractivity contribution in [2.75, 3.05) is 5.32 Å². The molecule has 0 spiro atoms. The molecular weight excluding hydrogens is 425 g/mol. The van der Waals surface area contributed by atoms with Crippen molar-refractivity contribution in [1.82, 2.24) is 15.5 Å². The molecule has 1 aromatic heterocycles. The Balaban J connectivity index is 0.000000396. The van der Waals surface area contributed by atoms with Crippen molar-refractivity contribution in [3.63, 3.8) is 0 Å². The highest BCUT2D eigenvalue weighted by molar-refractivity contribution is 6.30. The van der Waals surface area contributed by atoms with Gasteiger partial charge in [0.05, 0.1) is 6.20 Å². The zero-order chi connectivity index (χ0) is 22.1. The number of alkyl halides is 3. The number of carboxylic acids is 1. The molecule has 2 aromatic carbocycles. The van der Waals surface area contributed by atoms with Crippen molar-refractivity contribution in [3.05, 3.63) is 71.5 Å². The molecule has 11 heteroatoms. The molecule has 0 atom stereocenters. The van der Waals surface area contributed by atoms with Crippen molar-refractivity contribution < 1.29 is 27.9 Å². The third kappa shape index (κ3) is 7.47. The first kappa shape index (κ1) is 22.8. The minimum Gasteiger partial charge on any atom is -0.475 e. The number of amides is 2. The molecule has 0 aliphatic carbocycles. The minimum absolute atomic E-state index is 0.263. The van der Waals surface area contributed by atoms with Gasteiger partial charge in [0.15, 0.2) is 0 Å². The molecule has 3 aromatic rings. The number of carbonyl (C=O) groups excluding carboxylic acids is 1. The monoisotopic (exact) mass is 440 g/mol. The van der Waals surface area contributed by atoms with Crippen LogP contribution in [0.3, 0.4) is 0 Å². The molecule has 2 amide bonds. The Morgan fingerprint density at radius 1 is 1.10 bits per heavy atom. The molecule has 4 N–H and O–H groups in total. The van der Waals surface area contributed by atoms with E-state index in [0.29, 0.717) is 11.6 Å². The van der Waals surface area contributed by atoms with Gasteiger partial charge in [0, 0.05) is 29.0 Å². The molecule has 0 aliphatic heterocycles. The van der Waals surface area contributed by atoms with E-state index in [9.17, 15) is 18.0 Å². The number of nitrogens with one attached hydrogen (secondary N) is 3. The fourth-order valence-electron chi connectivity index (χ4n) is 2.16. The average molecular weight is 441 g/mol. The highest BCUT2D eigenvalue weighted by Gasteiger charge is 2.38. The number of hydrogen-bond acceptors (Lipinski definition) is 3. The van der Waals surface area contributed by atoms with Crippen LogP contribution in [0.1, 0.15) is 5.56 Å². The molecule has 1 heterocycles. The van der Waals surface area contributed by atoms with Gasteiger partial charge >= 0.3 is 18.2 Å². The van der Waals surface area contributed by atoms with Gasteiger partial charge in [0.2, 0.25) is 0 Å². The fraction of sp³-hybridized carbons (Fsp3) is 0.105. The molecular formula is C19H16ClF3N4O3. The van der Waals surface area contributed by atoms with Crippen LogP contribution in [0.4, 0.5) is 23.7 Å². The van der Waals surface area contributed by atoms with Crippen molar-refractivity contribution in [1.29, 1.82) is 0 Å². The summed E-state index contributed by atoms with van der Waals surface area (Å²) in [7, 11) is 0. The maximum atomic E-state index is 11.9. The van der Waals surface area contributed by atoms with Gasteiger partial charge in [-0.25, -0.2) is 9.59 Å². The van der Waals surface area contributed by atoms with Gasteiger partial charge in [0.25, 0.3) is 0 Å². The molecule has 0 saturated carbocycles. The summed E-state index contributed by atoms with van der Waals surface area (Å²) in [4.78, 5) is 20.8. The van der Waals surface area contributed by atoms with E-state index < -0.39 is 12.1 Å². The summed E-state index contributed by atoms with van der Waals surface area (Å²) in [6, 6.07) is 14.7. The molecule has 0 unspecified atom stereocenters. The van der Waals surface area contributed by atoms with Crippen molar-refractivity contribution >= 4 is 29.3 Å². The Kier molecular flexibility index (Phi) is 7.82. The number of carboxylic acid groups (broad SMARTS) is 1. The van der Waals surface area contributed by atoms with Crippen LogP contribution >= 0.6 is 11.6 Å². The van der Waals surface area contributed by atoms with Crippen LogP contribution in [0, 0.1) is 0 Å². The SMILES string of the molecule is O=C(NCc1cccc(Cl)c1)Nc1ccc(-c2cn[nH]c2)cc1.O=C(O)C(F)(F)F. The van der Waals surface area contributed by atoms with Crippen LogP contribution in [0.15, 0.2) is 60.9 Å². The third-order valence-corrected chi connectivity index (χ3v) is 3.79. The number of nitrogens with zero attached hydrogens (tertiary/aromatic N) is 1. The molecule has 3 rings (SSSR count). The number of aromatic amines is 1. The van der Waals surface area contributed by atoms with Crippen LogP contribution in [-0.4, -0.2) is 33.5 Å². The second-order valence-corrected chi connectivity index (χ2v) is 6.24. The molecule has 0 saturated heterocycles. The lowest BCUT2D eigenvalue weighted by molar-refractivity contribution is -0.192. The molecule has 0 fully saturated rings. The highest BCUT2D eigenvalue weighted by atomic mass is 35.5. The van der Waals surface area contributed by atoms with Gasteiger partial charge in [-0.1, -0.05) is 35.9 Å². The van der Waals surface area contributed by atoms with E-state index in [1.807, 2.05) is 48.7 Å². The van der Waals surface area contributed by atoms with Crippen molar-refractivity contribution in [3.8, 4) is 11.1 Å². The number of benzene rings is 2. The van der Waals surface area contributed by atoms with E-state index in [-0.39, 0.29) is 6.03 Å². The van der Waals surface area contributed by atoms with Gasteiger partial charge in [-0.2, -0.15) is 18.3 Å². The average Bonchev–Trinajstić information content (AvgIpc) is 3.22. The lowest BCUT2D eigenvalue weighted by Gasteiger charge is -2.08. The lowest BCUT2D eigenvalue weighted by Crippen LogP contribution is -2.28. The summed E-state index contributed by atoms with van der Waals surface area (Å²) in [5.41, 5.74) is 3.70.